The van der Waals surface area contributed by atoms with E-state index in [2.05, 4.69) is 63.1 Å². The predicted molar refractivity (Wildman–Crippen MR) is 149 cm³/mol. The summed E-state index contributed by atoms with van der Waals surface area (Å²) in [7, 11) is 2.10. The number of benzene rings is 1. The van der Waals surface area contributed by atoms with Gasteiger partial charge >= 0.3 is 0 Å². The lowest BCUT2D eigenvalue weighted by Gasteiger charge is -2.33. The number of hydrogen-bond donors (Lipinski definition) is 2. The van der Waals surface area contributed by atoms with E-state index in [9.17, 15) is 10.1 Å². The average Bonchev–Trinajstić information content (AvgIpc) is 2.94. The fourth-order valence-corrected chi connectivity index (χ4v) is 4.77. The Balaban J connectivity index is 1.42. The largest absolute Gasteiger partial charge is 0.353 e. The molecule has 1 aliphatic heterocycles. The van der Waals surface area contributed by atoms with Crippen LogP contribution in [-0.2, 0) is 4.79 Å². The summed E-state index contributed by atoms with van der Waals surface area (Å²) < 4.78 is 0. The van der Waals surface area contributed by atoms with Gasteiger partial charge in [-0.15, -0.1) is 0 Å². The summed E-state index contributed by atoms with van der Waals surface area (Å²) >= 11 is 0. The molecule has 192 valence electrons. The second kappa shape index (κ2) is 10.8. The molecule has 0 spiro atoms. The Kier molecular flexibility index (Phi) is 7.15. The molecular formula is C29H30N8O. The van der Waals surface area contributed by atoms with Gasteiger partial charge in [-0.2, -0.15) is 5.26 Å². The molecule has 0 saturated carbocycles. The van der Waals surface area contributed by atoms with Crippen LogP contribution in [0.2, 0.25) is 0 Å². The number of nitrogens with zero attached hydrogens (tertiary/aromatic N) is 6. The van der Waals surface area contributed by atoms with E-state index in [-0.39, 0.29) is 11.8 Å². The fourth-order valence-electron chi connectivity index (χ4n) is 4.77. The van der Waals surface area contributed by atoms with Gasteiger partial charge in [0.25, 0.3) is 0 Å². The molecule has 1 saturated heterocycles. The smallest absolute Gasteiger partial charge is 0.247 e. The third-order valence-corrected chi connectivity index (χ3v) is 6.95. The van der Waals surface area contributed by atoms with E-state index in [1.807, 2.05) is 30.5 Å². The number of carbonyl (C=O) groups is 1. The molecule has 1 amide bonds. The van der Waals surface area contributed by atoms with Crippen molar-refractivity contribution >= 4 is 34.6 Å². The Hall–Kier alpha value is -4.55. The van der Waals surface area contributed by atoms with Crippen LogP contribution in [0.1, 0.15) is 41.6 Å². The zero-order valence-electron chi connectivity index (χ0n) is 21.6. The zero-order valence-corrected chi connectivity index (χ0v) is 21.6. The van der Waals surface area contributed by atoms with Gasteiger partial charge in [0.1, 0.15) is 11.9 Å². The predicted octanol–water partition coefficient (Wildman–Crippen LogP) is 4.30. The topological polar surface area (TPSA) is 110 Å². The molecule has 2 N–H and O–H groups in total. The van der Waals surface area contributed by atoms with Crippen LogP contribution in [0.4, 0.5) is 23.1 Å². The molecule has 1 aliphatic carbocycles. The maximum absolute atomic E-state index is 11.8. The van der Waals surface area contributed by atoms with Crippen LogP contribution in [-0.4, -0.2) is 59.0 Å². The van der Waals surface area contributed by atoms with Crippen molar-refractivity contribution in [3.05, 3.63) is 83.8 Å². The summed E-state index contributed by atoms with van der Waals surface area (Å²) in [4.78, 5) is 30.3. The number of hydrogen-bond acceptors (Lipinski definition) is 8. The summed E-state index contributed by atoms with van der Waals surface area (Å²) in [5.74, 6) is 1.16. The van der Waals surface area contributed by atoms with Gasteiger partial charge in [-0.25, -0.2) is 15.0 Å². The van der Waals surface area contributed by atoms with Crippen LogP contribution in [0, 0.1) is 11.3 Å². The minimum absolute atomic E-state index is 0.258. The first-order chi connectivity index (χ1) is 18.4. The summed E-state index contributed by atoms with van der Waals surface area (Å²) in [6.07, 6.45) is 7.88. The van der Waals surface area contributed by atoms with E-state index in [0.29, 0.717) is 28.7 Å². The SMILES string of the molecule is C=CC(=O)Nc1cccc(C2=CCC(C)c3cnc(Nc4cnc(N5CCN(C)CC5)c(C#N)c4)nc32)c1. The molecule has 1 fully saturated rings. The van der Waals surface area contributed by atoms with Crippen molar-refractivity contribution in [3.8, 4) is 6.07 Å². The summed E-state index contributed by atoms with van der Waals surface area (Å²) in [6, 6.07) is 11.8. The number of nitriles is 1. The Labute approximate surface area is 222 Å². The van der Waals surface area contributed by atoms with Crippen LogP contribution in [0.3, 0.4) is 0 Å². The number of amides is 1. The van der Waals surface area contributed by atoms with Gasteiger partial charge < -0.3 is 20.4 Å². The van der Waals surface area contributed by atoms with Crippen molar-refractivity contribution in [3.63, 3.8) is 0 Å². The second-order valence-corrected chi connectivity index (χ2v) is 9.65. The number of rotatable bonds is 6. The molecule has 38 heavy (non-hydrogen) atoms. The van der Waals surface area contributed by atoms with E-state index in [1.54, 1.807) is 12.3 Å². The van der Waals surface area contributed by atoms with Gasteiger partial charge in [0.05, 0.1) is 23.1 Å². The van der Waals surface area contributed by atoms with Crippen molar-refractivity contribution in [2.75, 3.05) is 48.8 Å². The number of allylic oxidation sites excluding steroid dienone is 1. The first-order valence-corrected chi connectivity index (χ1v) is 12.7. The van der Waals surface area contributed by atoms with E-state index < -0.39 is 0 Å². The molecule has 3 aromatic rings. The number of fused-ring (bicyclic) bond motifs is 1. The Morgan fingerprint density at radius 1 is 1.16 bits per heavy atom. The Morgan fingerprint density at radius 3 is 2.74 bits per heavy atom. The third-order valence-electron chi connectivity index (χ3n) is 6.95. The Morgan fingerprint density at radius 2 is 1.97 bits per heavy atom. The fraction of sp³-hybridized carbons (Fsp3) is 0.276. The molecule has 5 rings (SSSR count). The van der Waals surface area contributed by atoms with E-state index in [0.717, 1.165) is 55.0 Å². The number of anilines is 4. The number of likely N-dealkylation sites (N-methyl/N-ethyl adjacent to an activating group) is 1. The van der Waals surface area contributed by atoms with Crippen molar-refractivity contribution in [2.45, 2.75) is 19.3 Å². The molecule has 3 heterocycles. The lowest BCUT2D eigenvalue weighted by atomic mass is 9.85. The van der Waals surface area contributed by atoms with Gasteiger partial charge in [0.2, 0.25) is 11.9 Å². The van der Waals surface area contributed by atoms with Crippen LogP contribution in [0.25, 0.3) is 5.57 Å². The van der Waals surface area contributed by atoms with Gasteiger partial charge in [-0.1, -0.05) is 31.7 Å². The maximum atomic E-state index is 11.8. The lowest BCUT2D eigenvalue weighted by Crippen LogP contribution is -2.45. The van der Waals surface area contributed by atoms with Gasteiger partial charge in [-0.05, 0) is 49.2 Å². The molecular weight excluding hydrogens is 476 g/mol. The lowest BCUT2D eigenvalue weighted by molar-refractivity contribution is -0.111. The highest BCUT2D eigenvalue weighted by Gasteiger charge is 2.23. The normalized spacial score (nSPS) is 17.1. The van der Waals surface area contributed by atoms with Gasteiger partial charge in [0, 0.05) is 49.2 Å². The van der Waals surface area contributed by atoms with E-state index in [1.165, 1.54) is 6.08 Å². The molecule has 0 radical (unpaired) electrons. The van der Waals surface area contributed by atoms with Crippen LogP contribution < -0.4 is 15.5 Å². The van der Waals surface area contributed by atoms with Crippen molar-refractivity contribution < 1.29 is 4.79 Å². The molecule has 2 aromatic heterocycles. The second-order valence-electron chi connectivity index (χ2n) is 9.65. The molecule has 2 aliphatic rings. The number of carbonyl (C=O) groups excluding carboxylic acids is 1. The molecule has 9 heteroatoms. The first kappa shape index (κ1) is 25.1. The quantitative estimate of drug-likeness (QED) is 0.476. The standard InChI is InChI=1S/C29H30N8O/c1-4-26(38)33-22-7-5-6-20(14-22)24-9-8-19(2)25-18-32-29(35-27(24)25)34-23-15-21(16-30)28(31-17-23)37-12-10-36(3)11-13-37/h4-7,9,14-15,17-19H,1,8,10-13H2,2-3H3,(H,33,38)(H,32,34,35). The first-order valence-electron chi connectivity index (χ1n) is 12.7. The highest BCUT2D eigenvalue weighted by molar-refractivity contribution is 5.99. The average molecular weight is 507 g/mol. The highest BCUT2D eigenvalue weighted by Crippen LogP contribution is 2.37. The van der Waals surface area contributed by atoms with Crippen LogP contribution in [0.15, 0.2) is 61.5 Å². The highest BCUT2D eigenvalue weighted by atomic mass is 16.1. The Bertz CT molecular complexity index is 1450. The monoisotopic (exact) mass is 506 g/mol. The van der Waals surface area contributed by atoms with Crippen molar-refractivity contribution in [2.24, 2.45) is 0 Å². The van der Waals surface area contributed by atoms with E-state index >= 15 is 0 Å². The summed E-state index contributed by atoms with van der Waals surface area (Å²) in [5.41, 5.74) is 5.71. The minimum atomic E-state index is -0.258. The molecule has 1 unspecified atom stereocenters. The van der Waals surface area contributed by atoms with E-state index in [4.69, 9.17) is 4.98 Å². The van der Waals surface area contributed by atoms with Gasteiger partial charge in [-0.3, -0.25) is 4.79 Å². The summed E-state index contributed by atoms with van der Waals surface area (Å²) in [5, 5.41) is 15.9. The number of nitrogens with one attached hydrogen (secondary N) is 2. The molecule has 0 bridgehead atoms. The third kappa shape index (κ3) is 5.26. The maximum Gasteiger partial charge on any atom is 0.247 e. The molecule has 1 aromatic carbocycles. The molecule has 9 nitrogen and oxygen atoms in total. The van der Waals surface area contributed by atoms with Crippen molar-refractivity contribution in [1.82, 2.24) is 19.9 Å². The minimum Gasteiger partial charge on any atom is -0.353 e. The number of aromatic nitrogens is 3. The van der Waals surface area contributed by atoms with Gasteiger partial charge in [0.15, 0.2) is 0 Å². The molecule has 1 atom stereocenters. The summed E-state index contributed by atoms with van der Waals surface area (Å²) in [6.45, 7) is 9.23. The van der Waals surface area contributed by atoms with Crippen LogP contribution >= 0.6 is 0 Å². The number of pyridine rings is 1. The van der Waals surface area contributed by atoms with Crippen LogP contribution in [0.5, 0.6) is 0 Å². The number of piperazine rings is 1. The zero-order chi connectivity index (χ0) is 26.6. The van der Waals surface area contributed by atoms with Crippen molar-refractivity contribution in [1.29, 1.82) is 5.26 Å².